The highest BCUT2D eigenvalue weighted by Crippen LogP contribution is 2.36. The Morgan fingerprint density at radius 3 is 2.71 bits per heavy atom. The highest BCUT2D eigenvalue weighted by Gasteiger charge is 2.46. The molecule has 11 nitrogen and oxygen atoms in total. The van der Waals surface area contributed by atoms with Crippen LogP contribution in [-0.4, -0.2) is 66.5 Å². The standard InChI is InChI=1S/C16H24N6O5S/c1-9(2)26-12-10(5-6-28(23,24)18-3)27-16(13(12)25-4)22-8-21-11-14(17)19-7-20-15(11)22/h5-10,12-13,16,18H,1-4H3,(H2,17,19,20)/b6-5+/t10-,12-,13-,16-/m1/s1. The Hall–Kier alpha value is -2.12. The number of nitrogens with zero attached hydrogens (tertiary/aromatic N) is 4. The monoisotopic (exact) mass is 412 g/mol. The van der Waals surface area contributed by atoms with Crippen molar-refractivity contribution in [1.29, 1.82) is 0 Å². The Bertz CT molecular complexity index is 960. The molecular weight excluding hydrogens is 388 g/mol. The van der Waals surface area contributed by atoms with Gasteiger partial charge in [-0.05, 0) is 27.0 Å². The Morgan fingerprint density at radius 1 is 1.32 bits per heavy atom. The molecule has 12 heteroatoms. The van der Waals surface area contributed by atoms with Crippen molar-refractivity contribution >= 4 is 27.0 Å². The number of hydrogen-bond donors (Lipinski definition) is 2. The van der Waals surface area contributed by atoms with Crippen LogP contribution in [0.4, 0.5) is 5.82 Å². The van der Waals surface area contributed by atoms with Crippen molar-refractivity contribution < 1.29 is 22.6 Å². The van der Waals surface area contributed by atoms with Crippen molar-refractivity contribution in [3.63, 3.8) is 0 Å². The van der Waals surface area contributed by atoms with Gasteiger partial charge in [-0.1, -0.05) is 0 Å². The maximum atomic E-state index is 11.8. The van der Waals surface area contributed by atoms with Gasteiger partial charge in [-0.25, -0.2) is 28.1 Å². The van der Waals surface area contributed by atoms with Gasteiger partial charge in [0.1, 0.15) is 30.2 Å². The lowest BCUT2D eigenvalue weighted by molar-refractivity contribution is -0.0756. The maximum absolute atomic E-state index is 11.8. The molecule has 1 saturated heterocycles. The van der Waals surface area contributed by atoms with Crippen molar-refractivity contribution in [2.45, 2.75) is 44.5 Å². The Kier molecular flexibility index (Phi) is 5.95. The third-order valence-corrected chi connectivity index (χ3v) is 5.40. The Morgan fingerprint density at radius 2 is 2.07 bits per heavy atom. The van der Waals surface area contributed by atoms with Crippen molar-refractivity contribution in [1.82, 2.24) is 24.2 Å². The van der Waals surface area contributed by atoms with E-state index in [4.69, 9.17) is 19.9 Å². The third-order valence-electron chi connectivity index (χ3n) is 4.32. The van der Waals surface area contributed by atoms with Gasteiger partial charge in [-0.15, -0.1) is 0 Å². The summed E-state index contributed by atoms with van der Waals surface area (Å²) in [6.07, 6.45) is 1.78. The summed E-state index contributed by atoms with van der Waals surface area (Å²) in [7, 11) is -0.686. The van der Waals surface area contributed by atoms with E-state index in [9.17, 15) is 8.42 Å². The van der Waals surface area contributed by atoms with E-state index in [2.05, 4.69) is 19.7 Å². The number of hydrogen-bond acceptors (Lipinski definition) is 9. The summed E-state index contributed by atoms with van der Waals surface area (Å²) in [6.45, 7) is 3.76. The van der Waals surface area contributed by atoms with Crippen LogP contribution in [0.25, 0.3) is 11.2 Å². The molecule has 2 aromatic rings. The minimum Gasteiger partial charge on any atom is -0.382 e. The molecule has 0 aromatic carbocycles. The lowest BCUT2D eigenvalue weighted by Crippen LogP contribution is -2.37. The molecule has 154 valence electrons. The van der Waals surface area contributed by atoms with Crippen molar-refractivity contribution in [3.05, 3.63) is 24.1 Å². The number of rotatable bonds is 7. The van der Waals surface area contributed by atoms with Crippen molar-refractivity contribution in [3.8, 4) is 0 Å². The minimum absolute atomic E-state index is 0.126. The molecule has 28 heavy (non-hydrogen) atoms. The van der Waals surface area contributed by atoms with Crippen LogP contribution < -0.4 is 10.5 Å². The van der Waals surface area contributed by atoms with E-state index in [1.165, 1.54) is 32.9 Å². The molecule has 4 atom stereocenters. The molecule has 1 aliphatic heterocycles. The minimum atomic E-state index is -3.56. The molecule has 1 aliphatic rings. The van der Waals surface area contributed by atoms with Crippen molar-refractivity contribution in [2.24, 2.45) is 0 Å². The Labute approximate surface area is 163 Å². The van der Waals surface area contributed by atoms with Crippen LogP contribution in [0.3, 0.4) is 0 Å². The predicted octanol–water partition coefficient (Wildman–Crippen LogP) is 0.177. The zero-order chi connectivity index (χ0) is 20.5. The van der Waals surface area contributed by atoms with E-state index >= 15 is 0 Å². The number of sulfonamides is 1. The number of fused-ring (bicyclic) bond motifs is 1. The van der Waals surface area contributed by atoms with Crippen LogP contribution in [0.1, 0.15) is 20.1 Å². The van der Waals surface area contributed by atoms with Crippen LogP contribution in [0.15, 0.2) is 24.1 Å². The quantitative estimate of drug-likeness (QED) is 0.650. The van der Waals surface area contributed by atoms with Gasteiger partial charge >= 0.3 is 0 Å². The van der Waals surface area contributed by atoms with Crippen LogP contribution in [0, 0.1) is 0 Å². The van der Waals surface area contributed by atoms with Crippen LogP contribution >= 0.6 is 0 Å². The van der Waals surface area contributed by atoms with Crippen LogP contribution in [0.5, 0.6) is 0 Å². The highest BCUT2D eigenvalue weighted by molar-refractivity contribution is 7.92. The second-order valence-electron chi connectivity index (χ2n) is 6.50. The first-order chi connectivity index (χ1) is 13.3. The third kappa shape index (κ3) is 4.00. The van der Waals surface area contributed by atoms with E-state index in [0.717, 1.165) is 5.41 Å². The summed E-state index contributed by atoms with van der Waals surface area (Å²) in [4.78, 5) is 12.4. The normalized spacial score (nSPS) is 26.0. The summed E-state index contributed by atoms with van der Waals surface area (Å²) in [5, 5.41) is 1.05. The maximum Gasteiger partial charge on any atom is 0.233 e. The molecule has 0 amide bonds. The molecule has 1 fully saturated rings. The zero-order valence-electron chi connectivity index (χ0n) is 16.0. The van der Waals surface area contributed by atoms with Gasteiger partial charge in [0.05, 0.1) is 12.4 Å². The van der Waals surface area contributed by atoms with Crippen LogP contribution in [-0.2, 0) is 24.2 Å². The number of anilines is 1. The molecule has 0 unspecified atom stereocenters. The van der Waals surface area contributed by atoms with Gasteiger partial charge in [0.15, 0.2) is 17.7 Å². The molecule has 3 rings (SSSR count). The summed E-state index contributed by atoms with van der Waals surface area (Å²) >= 11 is 0. The largest absolute Gasteiger partial charge is 0.382 e. The number of nitrogens with two attached hydrogens (primary N) is 1. The number of methoxy groups -OCH3 is 1. The van der Waals surface area contributed by atoms with Crippen LogP contribution in [0.2, 0.25) is 0 Å². The lowest BCUT2D eigenvalue weighted by Gasteiger charge is -2.24. The number of imidazole rings is 1. The molecule has 0 radical (unpaired) electrons. The summed E-state index contributed by atoms with van der Waals surface area (Å²) < 4.78 is 45.2. The number of ether oxygens (including phenoxy) is 3. The smallest absolute Gasteiger partial charge is 0.233 e. The van der Waals surface area contributed by atoms with Gasteiger partial charge in [0, 0.05) is 12.5 Å². The van der Waals surface area contributed by atoms with E-state index in [1.807, 2.05) is 13.8 Å². The fourth-order valence-electron chi connectivity index (χ4n) is 3.07. The lowest BCUT2D eigenvalue weighted by atomic mass is 10.1. The summed E-state index contributed by atoms with van der Waals surface area (Å²) in [5.41, 5.74) is 6.78. The van der Waals surface area contributed by atoms with Gasteiger partial charge in [-0.2, -0.15) is 0 Å². The number of nitrogen functional groups attached to an aromatic ring is 1. The van der Waals surface area contributed by atoms with E-state index in [0.29, 0.717) is 11.2 Å². The molecule has 3 heterocycles. The van der Waals surface area contributed by atoms with Crippen molar-refractivity contribution in [2.75, 3.05) is 19.9 Å². The molecule has 2 aromatic heterocycles. The Balaban J connectivity index is 2.00. The first-order valence-corrected chi connectivity index (χ1v) is 10.2. The zero-order valence-corrected chi connectivity index (χ0v) is 16.8. The van der Waals surface area contributed by atoms with Gasteiger partial charge in [-0.3, -0.25) is 4.57 Å². The molecule has 0 bridgehead atoms. The average molecular weight is 412 g/mol. The van der Waals surface area contributed by atoms with E-state index in [-0.39, 0.29) is 11.9 Å². The molecule has 3 N–H and O–H groups in total. The van der Waals surface area contributed by atoms with E-state index < -0.39 is 34.6 Å². The molecule has 0 saturated carbocycles. The first kappa shape index (κ1) is 20.6. The highest BCUT2D eigenvalue weighted by atomic mass is 32.2. The van der Waals surface area contributed by atoms with Gasteiger partial charge in [0.25, 0.3) is 0 Å². The molecule has 0 spiro atoms. The topological polar surface area (TPSA) is 143 Å². The predicted molar refractivity (Wildman–Crippen MR) is 102 cm³/mol. The molecular formula is C16H24N6O5S. The molecule has 0 aliphatic carbocycles. The number of nitrogens with one attached hydrogen (secondary N) is 1. The van der Waals surface area contributed by atoms with E-state index in [1.54, 1.807) is 4.57 Å². The fourth-order valence-corrected chi connectivity index (χ4v) is 3.57. The first-order valence-electron chi connectivity index (χ1n) is 8.66. The second kappa shape index (κ2) is 8.09. The van der Waals surface area contributed by atoms with Gasteiger partial charge in [0.2, 0.25) is 10.0 Å². The summed E-state index contributed by atoms with van der Waals surface area (Å²) in [5.74, 6) is 0.252. The SMILES string of the molecule is CNS(=O)(=O)/C=C/[C@H]1O[C@@H](n2cnc3c(N)ncnc32)[C@H](OC)[C@@H]1OC(C)C. The summed E-state index contributed by atoms with van der Waals surface area (Å²) in [6, 6.07) is 0. The average Bonchev–Trinajstić information content (AvgIpc) is 3.21. The second-order valence-corrected chi connectivity index (χ2v) is 8.27. The fraction of sp³-hybridized carbons (Fsp3) is 0.562. The van der Waals surface area contributed by atoms with Gasteiger partial charge < -0.3 is 19.9 Å². The number of aromatic nitrogens is 4.